The minimum atomic E-state index is -0.564. The van der Waals surface area contributed by atoms with Gasteiger partial charge >= 0.3 is 0 Å². The van der Waals surface area contributed by atoms with E-state index in [1.54, 1.807) is 50.5 Å². The number of rotatable bonds is 5. The van der Waals surface area contributed by atoms with Crippen molar-refractivity contribution in [1.82, 2.24) is 20.2 Å². The summed E-state index contributed by atoms with van der Waals surface area (Å²) in [6, 6.07) is 5.44. The first kappa shape index (κ1) is 24.7. The van der Waals surface area contributed by atoms with Crippen molar-refractivity contribution >= 4 is 35.0 Å². The van der Waals surface area contributed by atoms with Crippen LogP contribution in [0.3, 0.4) is 0 Å². The molecule has 0 aliphatic carbocycles. The molecular weight excluding hydrogens is 446 g/mol. The number of anilines is 4. The first-order valence-corrected chi connectivity index (χ1v) is 11.9. The van der Waals surface area contributed by atoms with Gasteiger partial charge < -0.3 is 30.1 Å². The van der Waals surface area contributed by atoms with Crippen LogP contribution < -0.4 is 25.2 Å². The van der Waals surface area contributed by atoms with Gasteiger partial charge in [0.15, 0.2) is 5.82 Å². The van der Waals surface area contributed by atoms with E-state index in [0.717, 1.165) is 31.7 Å². The van der Waals surface area contributed by atoms with E-state index in [1.807, 2.05) is 13.8 Å². The van der Waals surface area contributed by atoms with Gasteiger partial charge in [-0.05, 0) is 65.0 Å². The van der Waals surface area contributed by atoms with E-state index in [9.17, 15) is 9.59 Å². The summed E-state index contributed by atoms with van der Waals surface area (Å²) >= 11 is 0. The van der Waals surface area contributed by atoms with Gasteiger partial charge in [0, 0.05) is 32.2 Å². The largest absolute Gasteiger partial charge is 0.495 e. The summed E-state index contributed by atoms with van der Waals surface area (Å²) in [7, 11) is 7.07. The van der Waals surface area contributed by atoms with Crippen molar-refractivity contribution < 1.29 is 14.3 Å². The molecule has 2 aromatic rings. The molecule has 2 N–H and O–H groups in total. The second kappa shape index (κ2) is 9.69. The highest BCUT2D eigenvalue weighted by atomic mass is 16.5. The Labute approximate surface area is 206 Å². The summed E-state index contributed by atoms with van der Waals surface area (Å²) in [5.41, 5.74) is 1.27. The van der Waals surface area contributed by atoms with Crippen LogP contribution in [-0.2, 0) is 4.79 Å². The number of amides is 2. The minimum Gasteiger partial charge on any atom is -0.495 e. The number of ether oxygens (including phenoxy) is 1. The number of carbonyl (C=O) groups excluding carboxylic acids is 2. The number of methoxy groups -OCH3 is 1. The topological polar surface area (TPSA) is 103 Å². The van der Waals surface area contributed by atoms with Crippen LogP contribution in [0.2, 0.25) is 0 Å². The van der Waals surface area contributed by atoms with E-state index in [0.29, 0.717) is 35.2 Å². The van der Waals surface area contributed by atoms with Gasteiger partial charge in [0.2, 0.25) is 11.9 Å². The minimum absolute atomic E-state index is 0.0462. The van der Waals surface area contributed by atoms with Gasteiger partial charge in [0.1, 0.15) is 11.4 Å². The molecule has 2 amide bonds. The summed E-state index contributed by atoms with van der Waals surface area (Å²) in [6.07, 6.45) is 3.72. The fraction of sp³-hybridized carbons (Fsp3) is 0.520. The first-order chi connectivity index (χ1) is 16.6. The Kier molecular flexibility index (Phi) is 6.84. The molecule has 0 spiro atoms. The van der Waals surface area contributed by atoms with E-state index in [2.05, 4.69) is 32.5 Å². The molecule has 4 rings (SSSR count). The number of piperidine rings is 1. The number of aromatic nitrogens is 2. The van der Waals surface area contributed by atoms with Gasteiger partial charge in [-0.25, -0.2) is 4.98 Å². The maximum atomic E-state index is 13.3. The highest BCUT2D eigenvalue weighted by Gasteiger charge is 2.41. The third-order valence-corrected chi connectivity index (χ3v) is 6.90. The molecule has 0 saturated carbocycles. The van der Waals surface area contributed by atoms with Crippen LogP contribution in [0.15, 0.2) is 24.4 Å². The van der Waals surface area contributed by atoms with Crippen LogP contribution in [0, 0.1) is 5.41 Å². The van der Waals surface area contributed by atoms with Crippen molar-refractivity contribution in [2.75, 3.05) is 63.0 Å². The van der Waals surface area contributed by atoms with Gasteiger partial charge in [0.05, 0.1) is 24.4 Å². The Balaban J connectivity index is 1.72. The van der Waals surface area contributed by atoms with Crippen molar-refractivity contribution in [3.8, 4) is 5.75 Å². The Hall–Kier alpha value is -3.40. The molecule has 1 fully saturated rings. The van der Waals surface area contributed by atoms with Crippen molar-refractivity contribution in [1.29, 1.82) is 0 Å². The van der Waals surface area contributed by atoms with Crippen molar-refractivity contribution in [3.63, 3.8) is 0 Å². The highest BCUT2D eigenvalue weighted by molar-refractivity contribution is 6.01. The number of fused-ring (bicyclic) bond motifs is 1. The van der Waals surface area contributed by atoms with Crippen LogP contribution in [0.5, 0.6) is 5.75 Å². The molecule has 0 radical (unpaired) electrons. The molecule has 0 atom stereocenters. The molecule has 1 saturated heterocycles. The van der Waals surface area contributed by atoms with Gasteiger partial charge in [-0.15, -0.1) is 0 Å². The smallest absolute Gasteiger partial charge is 0.251 e. The Morgan fingerprint density at radius 3 is 2.57 bits per heavy atom. The quantitative estimate of drug-likeness (QED) is 0.672. The Morgan fingerprint density at radius 1 is 1.20 bits per heavy atom. The molecule has 188 valence electrons. The summed E-state index contributed by atoms with van der Waals surface area (Å²) in [5, 5.41) is 5.85. The van der Waals surface area contributed by atoms with Crippen LogP contribution in [-0.4, -0.2) is 80.6 Å². The number of hydrogen-bond acceptors (Lipinski definition) is 8. The Bertz CT molecular complexity index is 1110. The molecule has 1 aromatic heterocycles. The molecule has 35 heavy (non-hydrogen) atoms. The molecule has 10 nitrogen and oxygen atoms in total. The zero-order valence-electron chi connectivity index (χ0n) is 21.4. The second-order valence-electron chi connectivity index (χ2n) is 9.93. The SMILES string of the molecule is CNC(=O)c1ccc(Nc2ncc3c(n2)N(C2CCN(C)CC2)CC(C)(C)C(=O)N3C)c(OC)c1. The van der Waals surface area contributed by atoms with E-state index < -0.39 is 5.41 Å². The highest BCUT2D eigenvalue weighted by Crippen LogP contribution is 2.39. The molecule has 2 aliphatic rings. The van der Waals surface area contributed by atoms with E-state index >= 15 is 0 Å². The molecule has 0 bridgehead atoms. The molecule has 10 heteroatoms. The second-order valence-corrected chi connectivity index (χ2v) is 9.93. The predicted octanol–water partition coefficient (Wildman–Crippen LogP) is 2.49. The van der Waals surface area contributed by atoms with Gasteiger partial charge in [0.25, 0.3) is 5.91 Å². The lowest BCUT2D eigenvalue weighted by atomic mass is 9.90. The molecule has 0 unspecified atom stereocenters. The lowest BCUT2D eigenvalue weighted by molar-refractivity contribution is -0.125. The monoisotopic (exact) mass is 481 g/mol. The standard InChI is InChI=1S/C25H35N7O3/c1-25(2)15-32(17-9-11-30(4)12-10-17)21-19(31(5)23(25)34)14-27-24(29-21)28-18-8-7-16(22(33)26-3)13-20(18)35-6/h7-8,13-14,17H,9-12,15H2,1-6H3,(H,26,33)(H,27,28,29). The number of nitrogens with zero attached hydrogens (tertiary/aromatic N) is 5. The fourth-order valence-corrected chi connectivity index (χ4v) is 4.82. The normalized spacial score (nSPS) is 18.6. The molecular formula is C25H35N7O3. The van der Waals surface area contributed by atoms with Gasteiger partial charge in [-0.3, -0.25) is 9.59 Å². The van der Waals surface area contributed by atoms with Crippen molar-refractivity contribution in [2.45, 2.75) is 32.7 Å². The zero-order valence-corrected chi connectivity index (χ0v) is 21.4. The molecule has 2 aliphatic heterocycles. The lowest BCUT2D eigenvalue weighted by Crippen LogP contribution is -2.49. The van der Waals surface area contributed by atoms with E-state index in [-0.39, 0.29) is 17.9 Å². The average Bonchev–Trinajstić information content (AvgIpc) is 2.93. The van der Waals surface area contributed by atoms with Crippen LogP contribution in [0.4, 0.5) is 23.1 Å². The summed E-state index contributed by atoms with van der Waals surface area (Å²) < 4.78 is 5.50. The van der Waals surface area contributed by atoms with Gasteiger partial charge in [-0.1, -0.05) is 0 Å². The maximum absolute atomic E-state index is 13.3. The van der Waals surface area contributed by atoms with Crippen LogP contribution in [0.25, 0.3) is 0 Å². The average molecular weight is 482 g/mol. The van der Waals surface area contributed by atoms with Crippen molar-refractivity contribution in [3.05, 3.63) is 30.0 Å². The number of likely N-dealkylation sites (tertiary alicyclic amines) is 1. The third kappa shape index (κ3) is 4.88. The zero-order chi connectivity index (χ0) is 25.3. The third-order valence-electron chi connectivity index (χ3n) is 6.90. The summed E-state index contributed by atoms with van der Waals surface area (Å²) in [4.78, 5) is 41.0. The number of nitrogens with one attached hydrogen (secondary N) is 2. The molecule has 3 heterocycles. The maximum Gasteiger partial charge on any atom is 0.251 e. The van der Waals surface area contributed by atoms with Crippen LogP contribution in [0.1, 0.15) is 37.0 Å². The lowest BCUT2D eigenvalue weighted by Gasteiger charge is -2.40. The predicted molar refractivity (Wildman–Crippen MR) is 137 cm³/mol. The van der Waals surface area contributed by atoms with Crippen molar-refractivity contribution in [2.24, 2.45) is 5.41 Å². The molecule has 1 aromatic carbocycles. The van der Waals surface area contributed by atoms with Crippen LogP contribution >= 0.6 is 0 Å². The summed E-state index contributed by atoms with van der Waals surface area (Å²) in [6.45, 7) is 6.58. The number of hydrogen-bond donors (Lipinski definition) is 2. The number of carbonyl (C=O) groups is 2. The summed E-state index contributed by atoms with van der Waals surface area (Å²) in [5.74, 6) is 1.50. The Morgan fingerprint density at radius 2 is 1.91 bits per heavy atom. The van der Waals surface area contributed by atoms with Gasteiger partial charge in [-0.2, -0.15) is 4.98 Å². The fourth-order valence-electron chi connectivity index (χ4n) is 4.82. The van der Waals surface area contributed by atoms with E-state index in [4.69, 9.17) is 9.72 Å². The van der Waals surface area contributed by atoms with E-state index in [1.165, 1.54) is 0 Å². The number of benzene rings is 1. The first-order valence-electron chi connectivity index (χ1n) is 11.9.